The molecule has 2 aliphatic carbocycles. The highest BCUT2D eigenvalue weighted by atomic mass is 16.2. The number of benzene rings is 3. The molecule has 0 saturated carbocycles. The molecule has 6 heteroatoms. The summed E-state index contributed by atoms with van der Waals surface area (Å²) in [7, 11) is 0. The van der Waals surface area contributed by atoms with Crippen LogP contribution in [0.4, 0.5) is 0 Å². The third-order valence-corrected chi connectivity index (χ3v) is 8.43. The number of carbonyl (C=O) groups excluding carboxylic acids is 1. The van der Waals surface area contributed by atoms with E-state index >= 15 is 0 Å². The first-order valence-electron chi connectivity index (χ1n) is 12.5. The second kappa shape index (κ2) is 6.92. The highest BCUT2D eigenvalue weighted by Gasteiger charge is 2.57. The molecule has 37 heavy (non-hydrogen) atoms. The molecule has 0 radical (unpaired) electrons. The van der Waals surface area contributed by atoms with Crippen molar-refractivity contribution in [2.24, 2.45) is 0 Å². The van der Waals surface area contributed by atoms with Crippen LogP contribution < -0.4 is 5.32 Å². The van der Waals surface area contributed by atoms with Gasteiger partial charge in [0.1, 0.15) is 11.6 Å². The number of rotatable bonds is 1. The second-order valence-electron chi connectivity index (χ2n) is 10.2. The lowest BCUT2D eigenvalue weighted by Crippen LogP contribution is -2.51. The quantitative estimate of drug-likeness (QED) is 0.340. The van der Waals surface area contributed by atoms with Crippen molar-refractivity contribution in [1.29, 1.82) is 5.26 Å². The number of nitriles is 1. The molecule has 3 heterocycles. The molecule has 0 bridgehead atoms. The number of nitrogens with zero attached hydrogens (tertiary/aromatic N) is 3. The predicted octanol–water partition coefficient (Wildman–Crippen LogP) is 5.32. The number of hydrogen-bond donors (Lipinski definition) is 2. The van der Waals surface area contributed by atoms with E-state index in [0.29, 0.717) is 6.42 Å². The van der Waals surface area contributed by atoms with Gasteiger partial charge >= 0.3 is 0 Å². The number of aryl methyl sites for hydroxylation is 2. The number of para-hydroxylation sites is 3. The molecule has 176 valence electrons. The van der Waals surface area contributed by atoms with Crippen molar-refractivity contribution in [3.8, 4) is 17.3 Å². The van der Waals surface area contributed by atoms with Crippen LogP contribution in [0.3, 0.4) is 0 Å². The lowest BCUT2D eigenvalue weighted by atomic mass is 9.67. The van der Waals surface area contributed by atoms with Crippen LogP contribution in [-0.2, 0) is 11.2 Å². The molecule has 2 N–H and O–H groups in total. The molecule has 0 spiro atoms. The van der Waals surface area contributed by atoms with Crippen molar-refractivity contribution in [2.75, 3.05) is 0 Å². The van der Waals surface area contributed by atoms with E-state index in [-0.39, 0.29) is 17.4 Å². The summed E-state index contributed by atoms with van der Waals surface area (Å²) in [5.41, 5.74) is 9.90. The van der Waals surface area contributed by atoms with Gasteiger partial charge in [-0.15, -0.1) is 0 Å². The zero-order chi connectivity index (χ0) is 24.9. The van der Waals surface area contributed by atoms with Crippen LogP contribution in [0, 0.1) is 18.3 Å². The maximum absolute atomic E-state index is 13.4. The Morgan fingerprint density at radius 1 is 1.00 bits per heavy atom. The van der Waals surface area contributed by atoms with Gasteiger partial charge < -0.3 is 10.3 Å². The van der Waals surface area contributed by atoms with E-state index in [2.05, 4.69) is 53.6 Å². The molecule has 3 aliphatic rings. The summed E-state index contributed by atoms with van der Waals surface area (Å²) in [4.78, 5) is 27.2. The summed E-state index contributed by atoms with van der Waals surface area (Å²) in [6.45, 7) is 2.08. The summed E-state index contributed by atoms with van der Waals surface area (Å²) < 4.78 is 0. The molecule has 2 atom stereocenters. The minimum atomic E-state index is -0.803. The molecule has 0 fully saturated rings. The van der Waals surface area contributed by atoms with E-state index in [1.807, 2.05) is 36.4 Å². The van der Waals surface area contributed by atoms with Crippen molar-refractivity contribution in [3.05, 3.63) is 100 Å². The van der Waals surface area contributed by atoms with Crippen LogP contribution in [-0.4, -0.2) is 26.4 Å². The largest absolute Gasteiger partial charge is 0.354 e. The Morgan fingerprint density at radius 2 is 1.78 bits per heavy atom. The van der Waals surface area contributed by atoms with E-state index in [1.165, 1.54) is 5.56 Å². The van der Waals surface area contributed by atoms with E-state index in [1.54, 1.807) is 0 Å². The summed E-state index contributed by atoms with van der Waals surface area (Å²) >= 11 is 0. The first-order chi connectivity index (χ1) is 18.1. The number of H-pyrrole nitrogens is 1. The molecular weight excluding hydrogens is 458 g/mol. The average molecular weight is 480 g/mol. The fourth-order valence-corrected chi connectivity index (χ4v) is 6.91. The van der Waals surface area contributed by atoms with Gasteiger partial charge in [-0.25, -0.2) is 9.97 Å². The zero-order valence-corrected chi connectivity index (χ0v) is 20.1. The minimum Gasteiger partial charge on any atom is -0.354 e. The Hall–Kier alpha value is -4.76. The molecule has 8 rings (SSSR count). The van der Waals surface area contributed by atoms with Crippen molar-refractivity contribution < 1.29 is 4.79 Å². The van der Waals surface area contributed by atoms with Crippen LogP contribution in [0.15, 0.2) is 72.3 Å². The molecule has 2 unspecified atom stereocenters. The van der Waals surface area contributed by atoms with E-state index in [0.717, 1.165) is 67.7 Å². The summed E-state index contributed by atoms with van der Waals surface area (Å²) in [5, 5.41) is 14.7. The molecule has 5 aromatic rings. The number of aromatic amines is 1. The Balaban J connectivity index is 1.45. The number of aromatic nitrogens is 3. The van der Waals surface area contributed by atoms with Crippen LogP contribution in [0.2, 0.25) is 0 Å². The minimum absolute atomic E-state index is 0.185. The van der Waals surface area contributed by atoms with E-state index < -0.39 is 5.54 Å². The van der Waals surface area contributed by atoms with E-state index in [4.69, 9.17) is 9.97 Å². The number of hydrogen-bond acceptors (Lipinski definition) is 4. The Morgan fingerprint density at radius 3 is 2.62 bits per heavy atom. The molecule has 0 saturated heterocycles. The van der Waals surface area contributed by atoms with Gasteiger partial charge in [0, 0.05) is 27.7 Å². The third kappa shape index (κ3) is 2.46. The lowest BCUT2D eigenvalue weighted by Gasteiger charge is -2.41. The maximum Gasteiger partial charge on any atom is 0.263 e. The van der Waals surface area contributed by atoms with Crippen molar-refractivity contribution in [1.82, 2.24) is 20.3 Å². The number of amides is 1. The van der Waals surface area contributed by atoms with Crippen LogP contribution in [0.5, 0.6) is 0 Å². The molecule has 2 aromatic heterocycles. The van der Waals surface area contributed by atoms with Gasteiger partial charge in [-0.05, 0) is 48.6 Å². The lowest BCUT2D eigenvalue weighted by molar-refractivity contribution is -0.117. The first kappa shape index (κ1) is 20.4. The predicted molar refractivity (Wildman–Crippen MR) is 142 cm³/mol. The Bertz CT molecular complexity index is 1920. The fraction of sp³-hybridized carbons (Fsp3) is 0.161. The Labute approximate surface area is 212 Å². The standard InChI is InChI=1S/C31H21N5O/c1-16-7-6-10-19-20-13-14-31(25(27(20)35-26(16)19)21(15-32)30(37)36-31)24-17-8-2-3-9-18(17)28-29(24)34-23-12-5-4-11-22(23)33-28/h2-12,24,35H,13-14H2,1H3,(H,36,37). The highest BCUT2D eigenvalue weighted by molar-refractivity contribution is 6.14. The van der Waals surface area contributed by atoms with Crippen molar-refractivity contribution >= 4 is 33.4 Å². The summed E-state index contributed by atoms with van der Waals surface area (Å²) in [5.74, 6) is -0.582. The topological polar surface area (TPSA) is 94.5 Å². The monoisotopic (exact) mass is 479 g/mol. The van der Waals surface area contributed by atoms with E-state index in [9.17, 15) is 10.1 Å². The highest BCUT2D eigenvalue weighted by Crippen LogP contribution is 2.58. The molecule has 3 aromatic carbocycles. The number of nitrogens with one attached hydrogen (secondary N) is 2. The van der Waals surface area contributed by atoms with Gasteiger partial charge in [-0.2, -0.15) is 5.26 Å². The SMILES string of the molecule is Cc1cccc2c3c([nH]c12)C1=C(C#N)C(=O)NC1(C1c2ccccc2-c2nc4ccccc4nc21)CC3. The second-order valence-corrected chi connectivity index (χ2v) is 10.2. The van der Waals surface area contributed by atoms with Gasteiger partial charge in [0.2, 0.25) is 0 Å². The van der Waals surface area contributed by atoms with Gasteiger partial charge in [0.05, 0.1) is 33.9 Å². The normalized spacial score (nSPS) is 21.4. The fourth-order valence-electron chi connectivity index (χ4n) is 6.91. The molecule has 1 amide bonds. The number of fused-ring (bicyclic) bond motifs is 9. The van der Waals surface area contributed by atoms with Crippen LogP contribution in [0.1, 0.15) is 40.4 Å². The van der Waals surface area contributed by atoms with Gasteiger partial charge in [-0.3, -0.25) is 4.79 Å². The Kier molecular flexibility index (Phi) is 3.82. The molecule has 6 nitrogen and oxygen atoms in total. The van der Waals surface area contributed by atoms with Crippen LogP contribution >= 0.6 is 0 Å². The van der Waals surface area contributed by atoms with Crippen LogP contribution in [0.25, 0.3) is 38.8 Å². The molecule has 1 aliphatic heterocycles. The van der Waals surface area contributed by atoms with Crippen molar-refractivity contribution in [3.63, 3.8) is 0 Å². The third-order valence-electron chi connectivity index (χ3n) is 8.43. The maximum atomic E-state index is 13.4. The summed E-state index contributed by atoms with van der Waals surface area (Å²) in [6.07, 6.45) is 1.44. The van der Waals surface area contributed by atoms with Crippen molar-refractivity contribution in [2.45, 2.75) is 31.2 Å². The molecular formula is C31H21N5O. The first-order valence-corrected chi connectivity index (χ1v) is 12.5. The van der Waals surface area contributed by atoms with Gasteiger partial charge in [0.15, 0.2) is 0 Å². The van der Waals surface area contributed by atoms with Gasteiger partial charge in [0.25, 0.3) is 5.91 Å². The smallest absolute Gasteiger partial charge is 0.263 e. The summed E-state index contributed by atoms with van der Waals surface area (Å²) in [6, 6.07) is 24.7. The average Bonchev–Trinajstić information content (AvgIpc) is 3.55. The van der Waals surface area contributed by atoms with Gasteiger partial charge in [-0.1, -0.05) is 54.6 Å². The zero-order valence-electron chi connectivity index (χ0n) is 20.1. The number of carbonyl (C=O) groups is 1.